The third-order valence-electron chi connectivity index (χ3n) is 2.41. The zero-order valence-electron chi connectivity index (χ0n) is 10.00. The van der Waals surface area contributed by atoms with Gasteiger partial charge in [-0.2, -0.15) is 0 Å². The van der Waals surface area contributed by atoms with Gasteiger partial charge in [0.1, 0.15) is 12.4 Å². The number of carbonyl (C=O) groups is 1. The first-order chi connectivity index (χ1) is 9.00. The van der Waals surface area contributed by atoms with Crippen LogP contribution in [0, 0.1) is 0 Å². The fourth-order valence-electron chi connectivity index (χ4n) is 1.65. The third-order valence-corrected chi connectivity index (χ3v) is 3.81. The first-order valence-electron chi connectivity index (χ1n) is 5.53. The number of rotatable bonds is 5. The van der Waals surface area contributed by atoms with E-state index in [1.165, 1.54) is 6.07 Å². The second-order valence-corrected chi connectivity index (χ2v) is 5.50. The van der Waals surface area contributed by atoms with Gasteiger partial charge in [-0.3, -0.25) is 14.5 Å². The van der Waals surface area contributed by atoms with E-state index in [0.717, 1.165) is 0 Å². The number of benzene rings is 1. The molecule has 1 aliphatic heterocycles. The zero-order chi connectivity index (χ0) is 13.9. The summed E-state index contributed by atoms with van der Waals surface area (Å²) in [5.41, 5.74) is 5.44. The number of amides is 1. The molecule has 7 nitrogen and oxygen atoms in total. The van der Waals surface area contributed by atoms with E-state index in [0.29, 0.717) is 11.4 Å². The van der Waals surface area contributed by atoms with E-state index in [1.807, 2.05) is 0 Å². The number of aliphatic imine (C=N–C) groups is 1. The summed E-state index contributed by atoms with van der Waals surface area (Å²) in [5.74, 6) is -0.266. The van der Waals surface area contributed by atoms with Crippen LogP contribution in [0.4, 0.5) is 0 Å². The minimum atomic E-state index is -3.51. The van der Waals surface area contributed by atoms with Crippen molar-refractivity contribution in [1.82, 2.24) is 4.72 Å². The number of ether oxygens (including phenoxy) is 1. The van der Waals surface area contributed by atoms with Crippen LogP contribution in [0.25, 0.3) is 0 Å². The molecular formula is C11H13N3O4S. The molecule has 0 aromatic heterocycles. The lowest BCUT2D eigenvalue weighted by Crippen LogP contribution is -2.23. The summed E-state index contributed by atoms with van der Waals surface area (Å²) in [6.45, 7) is 0.253. The van der Waals surface area contributed by atoms with Gasteiger partial charge in [-0.25, -0.2) is 8.42 Å². The van der Waals surface area contributed by atoms with Gasteiger partial charge in [0, 0.05) is 5.56 Å². The van der Waals surface area contributed by atoms with Gasteiger partial charge in [-0.05, 0) is 12.1 Å². The Hall–Kier alpha value is -1.93. The minimum Gasteiger partial charge on any atom is -0.370 e. The maximum Gasteiger partial charge on any atom is 0.263 e. The van der Waals surface area contributed by atoms with Crippen molar-refractivity contribution in [1.29, 1.82) is 0 Å². The molecule has 0 bridgehead atoms. The van der Waals surface area contributed by atoms with E-state index in [9.17, 15) is 13.2 Å². The summed E-state index contributed by atoms with van der Waals surface area (Å²) in [7, 11) is -3.51. The summed E-state index contributed by atoms with van der Waals surface area (Å²) >= 11 is 0. The molecule has 8 heteroatoms. The summed E-state index contributed by atoms with van der Waals surface area (Å²) in [6, 6.07) is 6.58. The molecule has 3 N–H and O–H groups in total. The Morgan fingerprint density at radius 2 is 2.11 bits per heavy atom. The number of nitrogens with zero attached hydrogens (tertiary/aromatic N) is 1. The molecule has 0 radical (unpaired) electrons. The van der Waals surface area contributed by atoms with Gasteiger partial charge in [0.05, 0.1) is 18.0 Å². The highest BCUT2D eigenvalue weighted by Gasteiger charge is 2.29. The van der Waals surface area contributed by atoms with Crippen molar-refractivity contribution in [3.05, 3.63) is 29.8 Å². The normalized spacial score (nSPS) is 18.0. The molecule has 1 amide bonds. The van der Waals surface area contributed by atoms with Gasteiger partial charge in [0.15, 0.2) is 0 Å². The molecule has 1 heterocycles. The highest BCUT2D eigenvalue weighted by molar-refractivity contribution is 7.90. The third kappa shape index (κ3) is 3.09. The van der Waals surface area contributed by atoms with Crippen LogP contribution in [0.3, 0.4) is 0 Å². The van der Waals surface area contributed by atoms with E-state index in [1.54, 1.807) is 18.2 Å². The van der Waals surface area contributed by atoms with Gasteiger partial charge in [-0.15, -0.1) is 0 Å². The van der Waals surface area contributed by atoms with Crippen LogP contribution in [-0.4, -0.2) is 39.9 Å². The van der Waals surface area contributed by atoms with Gasteiger partial charge in [0.2, 0.25) is 5.91 Å². The molecule has 19 heavy (non-hydrogen) atoms. The van der Waals surface area contributed by atoms with Crippen LogP contribution in [0.1, 0.15) is 5.56 Å². The lowest BCUT2D eigenvalue weighted by Gasteiger charge is -2.00. The molecule has 0 spiro atoms. The Balaban J connectivity index is 2.05. The monoisotopic (exact) mass is 283 g/mol. The summed E-state index contributed by atoms with van der Waals surface area (Å²) in [5, 5.41) is 0. The molecule has 1 aromatic rings. The number of primary amides is 1. The van der Waals surface area contributed by atoms with E-state index in [2.05, 4.69) is 9.71 Å². The molecule has 102 valence electrons. The van der Waals surface area contributed by atoms with Crippen LogP contribution >= 0.6 is 0 Å². The van der Waals surface area contributed by atoms with E-state index in [4.69, 9.17) is 10.5 Å². The zero-order valence-corrected chi connectivity index (χ0v) is 10.8. The van der Waals surface area contributed by atoms with Gasteiger partial charge >= 0.3 is 0 Å². The number of sulfonamides is 1. The highest BCUT2D eigenvalue weighted by atomic mass is 32.2. The van der Waals surface area contributed by atoms with E-state index in [-0.39, 0.29) is 24.7 Å². The Morgan fingerprint density at radius 3 is 2.84 bits per heavy atom. The standard InChI is InChI=1S/C11H13N3O4S/c12-10(15)7-18-6-5-13-11-8-3-1-2-4-9(8)19(16,17)14-11/h1-4H,5-7H2,(H2,12,15)(H,13,14). The lowest BCUT2D eigenvalue weighted by molar-refractivity contribution is -0.122. The number of fused-ring (bicyclic) bond motifs is 1. The number of amidine groups is 1. The molecule has 1 aliphatic rings. The van der Waals surface area contributed by atoms with Crippen molar-refractivity contribution in [3.63, 3.8) is 0 Å². The van der Waals surface area contributed by atoms with Crippen molar-refractivity contribution in [2.24, 2.45) is 10.7 Å². The lowest BCUT2D eigenvalue weighted by atomic mass is 10.2. The maximum absolute atomic E-state index is 11.8. The maximum atomic E-state index is 11.8. The second-order valence-electron chi connectivity index (χ2n) is 3.85. The van der Waals surface area contributed by atoms with Crippen LogP contribution in [0.2, 0.25) is 0 Å². The van der Waals surface area contributed by atoms with Crippen LogP contribution < -0.4 is 10.5 Å². The molecule has 0 saturated carbocycles. The number of hydrogen-bond acceptors (Lipinski definition) is 5. The minimum absolute atomic E-state index is 0.173. The fourth-order valence-corrected chi connectivity index (χ4v) is 2.90. The highest BCUT2D eigenvalue weighted by Crippen LogP contribution is 2.21. The number of nitrogens with one attached hydrogen (secondary N) is 1. The van der Waals surface area contributed by atoms with Gasteiger partial charge < -0.3 is 10.5 Å². The van der Waals surface area contributed by atoms with Crippen molar-refractivity contribution in [2.75, 3.05) is 19.8 Å². The SMILES string of the molecule is NC(=O)COCCN=C1NS(=O)(=O)c2ccccc21. The Kier molecular flexibility index (Phi) is 3.82. The van der Waals surface area contributed by atoms with Crippen molar-refractivity contribution < 1.29 is 17.9 Å². The van der Waals surface area contributed by atoms with Crippen molar-refractivity contribution in [3.8, 4) is 0 Å². The number of nitrogens with two attached hydrogens (primary N) is 1. The smallest absolute Gasteiger partial charge is 0.263 e. The van der Waals surface area contributed by atoms with Crippen molar-refractivity contribution in [2.45, 2.75) is 4.90 Å². The van der Waals surface area contributed by atoms with Gasteiger partial charge in [-0.1, -0.05) is 12.1 Å². The second kappa shape index (κ2) is 5.37. The van der Waals surface area contributed by atoms with Crippen LogP contribution in [0.15, 0.2) is 34.2 Å². The molecule has 0 fully saturated rings. The molecule has 0 saturated heterocycles. The van der Waals surface area contributed by atoms with Crippen molar-refractivity contribution >= 4 is 21.8 Å². The predicted octanol–water partition coefficient (Wildman–Crippen LogP) is -0.773. The number of hydrogen-bond donors (Lipinski definition) is 2. The van der Waals surface area contributed by atoms with E-state index < -0.39 is 15.9 Å². The molecule has 0 atom stereocenters. The molecular weight excluding hydrogens is 270 g/mol. The fraction of sp³-hybridized carbons (Fsp3) is 0.273. The summed E-state index contributed by atoms with van der Waals surface area (Å²) < 4.78 is 30.8. The summed E-state index contributed by atoms with van der Waals surface area (Å²) in [4.78, 5) is 14.8. The van der Waals surface area contributed by atoms with Crippen LogP contribution in [0.5, 0.6) is 0 Å². The Morgan fingerprint density at radius 1 is 1.37 bits per heavy atom. The molecule has 0 aliphatic carbocycles. The van der Waals surface area contributed by atoms with Gasteiger partial charge in [0.25, 0.3) is 10.0 Å². The van der Waals surface area contributed by atoms with Crippen LogP contribution in [-0.2, 0) is 19.6 Å². The summed E-state index contributed by atoms with van der Waals surface area (Å²) in [6.07, 6.45) is 0. The predicted molar refractivity (Wildman–Crippen MR) is 68.2 cm³/mol. The first kappa shape index (κ1) is 13.5. The topological polar surface area (TPSA) is 111 Å². The average Bonchev–Trinajstić information content (AvgIpc) is 2.61. The van der Waals surface area contributed by atoms with E-state index >= 15 is 0 Å². The quantitative estimate of drug-likeness (QED) is 0.691. The Labute approximate surface area is 110 Å². The molecule has 0 unspecified atom stereocenters. The molecule has 1 aromatic carbocycles. The molecule has 2 rings (SSSR count). The number of carbonyl (C=O) groups excluding carboxylic acids is 1. The first-order valence-corrected chi connectivity index (χ1v) is 7.02. The average molecular weight is 283 g/mol. The Bertz CT molecular complexity index is 625. The largest absolute Gasteiger partial charge is 0.370 e.